The predicted molar refractivity (Wildman–Crippen MR) is 97.5 cm³/mol. The first-order chi connectivity index (χ1) is 12.7. The van der Waals surface area contributed by atoms with E-state index in [0.29, 0.717) is 44.1 Å². The van der Waals surface area contributed by atoms with Crippen molar-refractivity contribution in [3.05, 3.63) is 54.7 Å². The number of fused-ring (bicyclic) bond motifs is 1. The number of amides is 2. The first-order valence-electron chi connectivity index (χ1n) is 8.78. The molecule has 2 N–H and O–H groups in total. The van der Waals surface area contributed by atoms with Gasteiger partial charge in [0.25, 0.3) is 5.91 Å². The molecule has 7 heteroatoms. The number of hydrogen-bond donors (Lipinski definition) is 2. The van der Waals surface area contributed by atoms with Crippen LogP contribution in [0.2, 0.25) is 0 Å². The summed E-state index contributed by atoms with van der Waals surface area (Å²) in [4.78, 5) is 33.3. The van der Waals surface area contributed by atoms with Crippen LogP contribution in [0, 0.1) is 5.92 Å². The smallest absolute Gasteiger partial charge is 0.253 e. The second-order valence-corrected chi connectivity index (χ2v) is 6.71. The number of carbonyl (C=O) groups is 2. The van der Waals surface area contributed by atoms with Crippen molar-refractivity contribution in [2.75, 3.05) is 19.6 Å². The maximum Gasteiger partial charge on any atom is 0.253 e. The van der Waals surface area contributed by atoms with Crippen molar-refractivity contribution in [3.8, 4) is 0 Å². The Balaban J connectivity index is 1.21. The van der Waals surface area contributed by atoms with Gasteiger partial charge < -0.3 is 19.8 Å². The zero-order valence-electron chi connectivity index (χ0n) is 14.4. The Labute approximate surface area is 151 Å². The summed E-state index contributed by atoms with van der Waals surface area (Å²) in [6.45, 7) is 2.61. The van der Waals surface area contributed by atoms with Gasteiger partial charge >= 0.3 is 0 Å². The molecule has 4 rings (SSSR count). The molecule has 0 unspecified atom stereocenters. The van der Waals surface area contributed by atoms with Gasteiger partial charge in [0.05, 0.1) is 6.33 Å². The molecular formula is C19H21N5O2. The summed E-state index contributed by atoms with van der Waals surface area (Å²) in [6, 6.07) is 7.70. The summed E-state index contributed by atoms with van der Waals surface area (Å²) in [5.41, 5.74) is 1.67. The summed E-state index contributed by atoms with van der Waals surface area (Å²) in [5, 5.41) is 4.05. The molecule has 1 aliphatic heterocycles. The lowest BCUT2D eigenvalue weighted by molar-refractivity contribution is -0.121. The number of likely N-dealkylation sites (tertiary alicyclic amines) is 1. The molecule has 0 radical (unpaired) electrons. The number of aromatic amines is 1. The third-order valence-electron chi connectivity index (χ3n) is 4.79. The van der Waals surface area contributed by atoms with E-state index in [1.165, 1.54) is 0 Å². The molecule has 0 bridgehead atoms. The van der Waals surface area contributed by atoms with E-state index < -0.39 is 0 Å². The SMILES string of the molecule is O=C(CCn1ccnc1)NCC1CN(C(=O)c2ccc3cc[nH]c3c2)C1. The Morgan fingerprint density at radius 2 is 2.15 bits per heavy atom. The van der Waals surface area contributed by atoms with E-state index in [0.717, 1.165) is 10.9 Å². The van der Waals surface area contributed by atoms with Crippen molar-refractivity contribution >= 4 is 22.7 Å². The molecule has 2 amide bonds. The summed E-state index contributed by atoms with van der Waals surface area (Å²) in [7, 11) is 0. The predicted octanol–water partition coefficient (Wildman–Crippen LogP) is 1.64. The summed E-state index contributed by atoms with van der Waals surface area (Å²) in [6.07, 6.45) is 7.54. The van der Waals surface area contributed by atoms with Gasteiger partial charge in [-0.3, -0.25) is 9.59 Å². The monoisotopic (exact) mass is 351 g/mol. The Morgan fingerprint density at radius 3 is 2.96 bits per heavy atom. The van der Waals surface area contributed by atoms with Crippen molar-refractivity contribution in [2.24, 2.45) is 5.92 Å². The molecule has 0 spiro atoms. The van der Waals surface area contributed by atoms with Gasteiger partial charge in [-0.2, -0.15) is 0 Å². The third-order valence-corrected chi connectivity index (χ3v) is 4.79. The molecule has 134 valence electrons. The molecule has 0 saturated carbocycles. The molecular weight excluding hydrogens is 330 g/mol. The van der Waals surface area contributed by atoms with Crippen LogP contribution >= 0.6 is 0 Å². The minimum absolute atomic E-state index is 0.0284. The lowest BCUT2D eigenvalue weighted by Crippen LogP contribution is -2.53. The van der Waals surface area contributed by atoms with Gasteiger partial charge in [0.15, 0.2) is 0 Å². The fraction of sp³-hybridized carbons (Fsp3) is 0.316. The highest BCUT2D eigenvalue weighted by molar-refractivity contribution is 5.98. The molecule has 0 aliphatic carbocycles. The van der Waals surface area contributed by atoms with Crippen LogP contribution < -0.4 is 5.32 Å². The van der Waals surface area contributed by atoms with Gasteiger partial charge in [-0.1, -0.05) is 6.07 Å². The van der Waals surface area contributed by atoms with Gasteiger partial charge in [0.1, 0.15) is 0 Å². The number of carbonyl (C=O) groups excluding carboxylic acids is 2. The summed E-state index contributed by atoms with van der Waals surface area (Å²) < 4.78 is 1.88. The number of nitrogens with one attached hydrogen (secondary N) is 2. The Bertz CT molecular complexity index is 909. The van der Waals surface area contributed by atoms with Crippen LogP contribution in [0.4, 0.5) is 0 Å². The van der Waals surface area contributed by atoms with Crippen molar-refractivity contribution in [2.45, 2.75) is 13.0 Å². The number of hydrogen-bond acceptors (Lipinski definition) is 3. The molecule has 3 heterocycles. The Hall–Kier alpha value is -3.09. The fourth-order valence-corrected chi connectivity index (χ4v) is 3.22. The second kappa shape index (κ2) is 7.03. The van der Waals surface area contributed by atoms with Crippen LogP contribution in [0.1, 0.15) is 16.8 Å². The fourth-order valence-electron chi connectivity index (χ4n) is 3.22. The highest BCUT2D eigenvalue weighted by Gasteiger charge is 2.31. The maximum atomic E-state index is 12.5. The minimum atomic E-state index is 0.0284. The molecule has 7 nitrogen and oxygen atoms in total. The highest BCUT2D eigenvalue weighted by atomic mass is 16.2. The number of nitrogens with zero attached hydrogens (tertiary/aromatic N) is 3. The van der Waals surface area contributed by atoms with Crippen LogP contribution in [-0.2, 0) is 11.3 Å². The molecule has 3 aromatic rings. The first-order valence-corrected chi connectivity index (χ1v) is 8.78. The van der Waals surface area contributed by atoms with E-state index >= 15 is 0 Å². The lowest BCUT2D eigenvalue weighted by Gasteiger charge is -2.39. The number of H-pyrrole nitrogens is 1. The maximum absolute atomic E-state index is 12.5. The van der Waals surface area contributed by atoms with Crippen molar-refractivity contribution in [3.63, 3.8) is 0 Å². The van der Waals surface area contributed by atoms with E-state index in [4.69, 9.17) is 0 Å². The number of benzene rings is 1. The van der Waals surface area contributed by atoms with Crippen LogP contribution in [0.15, 0.2) is 49.2 Å². The molecule has 26 heavy (non-hydrogen) atoms. The number of rotatable bonds is 6. The van der Waals surface area contributed by atoms with Gasteiger partial charge in [-0.05, 0) is 23.6 Å². The van der Waals surface area contributed by atoms with E-state index in [1.807, 2.05) is 46.1 Å². The lowest BCUT2D eigenvalue weighted by atomic mass is 9.98. The van der Waals surface area contributed by atoms with Crippen molar-refractivity contribution < 1.29 is 9.59 Å². The summed E-state index contributed by atoms with van der Waals surface area (Å²) >= 11 is 0. The van der Waals surface area contributed by atoms with E-state index in [9.17, 15) is 9.59 Å². The number of aromatic nitrogens is 3. The van der Waals surface area contributed by atoms with Gasteiger partial charge in [0, 0.05) is 68.2 Å². The number of aryl methyl sites for hydroxylation is 1. The molecule has 2 aromatic heterocycles. The standard InChI is InChI=1S/C19H21N5O2/c25-18(4-7-23-8-6-20-13-23)22-10-14-11-24(12-14)19(26)16-2-1-15-3-5-21-17(15)9-16/h1-3,5-6,8-9,13-14,21H,4,7,10-12H2,(H,22,25). The molecule has 1 aromatic carbocycles. The average Bonchev–Trinajstić information content (AvgIpc) is 3.29. The van der Waals surface area contributed by atoms with E-state index in [2.05, 4.69) is 15.3 Å². The molecule has 1 saturated heterocycles. The largest absolute Gasteiger partial charge is 0.361 e. The van der Waals surface area contributed by atoms with E-state index in [1.54, 1.807) is 12.5 Å². The number of imidazole rings is 1. The zero-order chi connectivity index (χ0) is 17.9. The third kappa shape index (κ3) is 3.46. The normalized spacial score (nSPS) is 14.4. The molecule has 1 aliphatic rings. The summed E-state index contributed by atoms with van der Waals surface area (Å²) in [5.74, 6) is 0.398. The second-order valence-electron chi connectivity index (χ2n) is 6.71. The van der Waals surface area contributed by atoms with Crippen LogP contribution in [-0.4, -0.2) is 50.9 Å². The van der Waals surface area contributed by atoms with Crippen molar-refractivity contribution in [1.82, 2.24) is 24.8 Å². The van der Waals surface area contributed by atoms with Crippen LogP contribution in [0.5, 0.6) is 0 Å². The Kier molecular flexibility index (Phi) is 4.43. The molecule has 0 atom stereocenters. The topological polar surface area (TPSA) is 83.0 Å². The highest BCUT2D eigenvalue weighted by Crippen LogP contribution is 2.20. The minimum Gasteiger partial charge on any atom is -0.361 e. The van der Waals surface area contributed by atoms with Crippen LogP contribution in [0.3, 0.4) is 0 Å². The average molecular weight is 351 g/mol. The first kappa shape index (κ1) is 16.4. The zero-order valence-corrected chi connectivity index (χ0v) is 14.4. The Morgan fingerprint density at radius 1 is 1.27 bits per heavy atom. The van der Waals surface area contributed by atoms with Crippen molar-refractivity contribution in [1.29, 1.82) is 0 Å². The van der Waals surface area contributed by atoms with Gasteiger partial charge in [-0.15, -0.1) is 0 Å². The molecule has 1 fully saturated rings. The van der Waals surface area contributed by atoms with E-state index in [-0.39, 0.29) is 11.8 Å². The van der Waals surface area contributed by atoms with Gasteiger partial charge in [0.2, 0.25) is 5.91 Å². The van der Waals surface area contributed by atoms with Gasteiger partial charge in [-0.25, -0.2) is 4.98 Å². The quantitative estimate of drug-likeness (QED) is 0.708. The van der Waals surface area contributed by atoms with Crippen LogP contribution in [0.25, 0.3) is 10.9 Å².